The molecule has 21 heavy (non-hydrogen) atoms. The number of rotatable bonds is 4. The van der Waals surface area contributed by atoms with E-state index in [9.17, 15) is 4.79 Å². The number of nitrogens with two attached hydrogens (primary N) is 1. The second-order valence-corrected chi connectivity index (χ2v) is 5.20. The molecule has 4 N–H and O–H groups in total. The average Bonchev–Trinajstić information content (AvgIpc) is 3.06. The Labute approximate surface area is 122 Å². The van der Waals surface area contributed by atoms with Crippen LogP contribution in [0.2, 0.25) is 0 Å². The minimum Gasteiger partial charge on any atom is -0.447 e. The third kappa shape index (κ3) is 2.97. The zero-order valence-corrected chi connectivity index (χ0v) is 11.8. The van der Waals surface area contributed by atoms with Crippen LogP contribution in [-0.2, 0) is 25.9 Å². The van der Waals surface area contributed by atoms with Gasteiger partial charge in [0, 0.05) is 5.69 Å². The van der Waals surface area contributed by atoms with E-state index in [-0.39, 0.29) is 18.1 Å². The number of fused-ring (bicyclic) bond motifs is 1. The van der Waals surface area contributed by atoms with E-state index in [0.717, 1.165) is 18.5 Å². The van der Waals surface area contributed by atoms with Crippen LogP contribution in [0.5, 0.6) is 0 Å². The van der Waals surface area contributed by atoms with E-state index in [2.05, 4.69) is 20.5 Å². The molecular formula is C14H19N5O2. The van der Waals surface area contributed by atoms with Crippen LogP contribution in [0.4, 0.5) is 0 Å². The molecule has 1 aliphatic carbocycles. The Morgan fingerprint density at radius 2 is 2.24 bits per heavy atom. The lowest BCUT2D eigenvalue weighted by atomic mass is 10.1. The Balaban J connectivity index is 1.65. The first-order valence-corrected chi connectivity index (χ1v) is 7.25. The number of hydrogen-bond donors (Lipinski definition) is 3. The van der Waals surface area contributed by atoms with Crippen molar-refractivity contribution < 1.29 is 9.21 Å². The number of amides is 1. The van der Waals surface area contributed by atoms with Gasteiger partial charge in [-0.05, 0) is 31.2 Å². The molecule has 7 nitrogen and oxygen atoms in total. The summed E-state index contributed by atoms with van der Waals surface area (Å²) in [6.45, 7) is 0.579. The van der Waals surface area contributed by atoms with Gasteiger partial charge < -0.3 is 15.5 Å². The summed E-state index contributed by atoms with van der Waals surface area (Å²) in [5, 5.41) is 10.2. The van der Waals surface area contributed by atoms with Crippen LogP contribution in [0.3, 0.4) is 0 Å². The molecule has 0 unspecified atom stereocenters. The SMILES string of the molecule is NCc1nc(C(=O)NCc2n[nH]c3c2CCCCC3)co1. The van der Waals surface area contributed by atoms with Crippen LogP contribution < -0.4 is 11.1 Å². The predicted octanol–water partition coefficient (Wildman–Crippen LogP) is 1.06. The van der Waals surface area contributed by atoms with E-state index in [1.54, 1.807) is 0 Å². The number of H-pyrrole nitrogens is 1. The smallest absolute Gasteiger partial charge is 0.273 e. The minimum atomic E-state index is -0.274. The fourth-order valence-corrected chi connectivity index (χ4v) is 2.64. The summed E-state index contributed by atoms with van der Waals surface area (Å²) in [4.78, 5) is 16.0. The van der Waals surface area contributed by atoms with Crippen molar-refractivity contribution in [2.24, 2.45) is 5.73 Å². The maximum absolute atomic E-state index is 12.0. The number of aryl methyl sites for hydroxylation is 1. The van der Waals surface area contributed by atoms with Gasteiger partial charge in [0.05, 0.1) is 18.8 Å². The van der Waals surface area contributed by atoms with Crippen LogP contribution in [0.25, 0.3) is 0 Å². The highest BCUT2D eigenvalue weighted by Gasteiger charge is 2.17. The minimum absolute atomic E-state index is 0.181. The van der Waals surface area contributed by atoms with Gasteiger partial charge in [0.15, 0.2) is 5.69 Å². The van der Waals surface area contributed by atoms with Crippen LogP contribution in [-0.4, -0.2) is 21.1 Å². The Morgan fingerprint density at radius 1 is 1.38 bits per heavy atom. The Morgan fingerprint density at radius 3 is 3.05 bits per heavy atom. The lowest BCUT2D eigenvalue weighted by Gasteiger charge is -2.03. The number of nitrogens with one attached hydrogen (secondary N) is 2. The molecule has 0 atom stereocenters. The predicted molar refractivity (Wildman–Crippen MR) is 75.4 cm³/mol. The van der Waals surface area contributed by atoms with Crippen molar-refractivity contribution in [1.29, 1.82) is 0 Å². The van der Waals surface area contributed by atoms with E-state index in [1.165, 1.54) is 36.8 Å². The number of aromatic nitrogens is 3. The number of carbonyl (C=O) groups excluding carboxylic acids is 1. The number of carbonyl (C=O) groups is 1. The Kier molecular flexibility index (Phi) is 4.01. The van der Waals surface area contributed by atoms with E-state index >= 15 is 0 Å². The van der Waals surface area contributed by atoms with Crippen molar-refractivity contribution in [2.45, 2.75) is 45.2 Å². The average molecular weight is 289 g/mol. The van der Waals surface area contributed by atoms with E-state index in [4.69, 9.17) is 10.2 Å². The van der Waals surface area contributed by atoms with Crippen LogP contribution in [0, 0.1) is 0 Å². The summed E-state index contributed by atoms with van der Waals surface area (Å²) in [6.07, 6.45) is 7.01. The molecule has 3 rings (SSSR count). The first-order chi connectivity index (χ1) is 10.3. The topological polar surface area (TPSA) is 110 Å². The van der Waals surface area contributed by atoms with Crippen molar-refractivity contribution in [1.82, 2.24) is 20.5 Å². The van der Waals surface area contributed by atoms with E-state index in [1.807, 2.05) is 0 Å². The summed E-state index contributed by atoms with van der Waals surface area (Å²) in [5.74, 6) is 0.0811. The van der Waals surface area contributed by atoms with Gasteiger partial charge >= 0.3 is 0 Å². The molecule has 7 heteroatoms. The fourth-order valence-electron chi connectivity index (χ4n) is 2.64. The quantitative estimate of drug-likeness (QED) is 0.729. The zero-order chi connectivity index (χ0) is 14.7. The molecule has 2 aromatic rings. The molecule has 0 fully saturated rings. The lowest BCUT2D eigenvalue weighted by molar-refractivity contribution is 0.0945. The van der Waals surface area contributed by atoms with Gasteiger partial charge in [0.25, 0.3) is 5.91 Å². The molecule has 1 aliphatic rings. The van der Waals surface area contributed by atoms with E-state index < -0.39 is 0 Å². The second-order valence-electron chi connectivity index (χ2n) is 5.20. The largest absolute Gasteiger partial charge is 0.447 e. The summed E-state index contributed by atoms with van der Waals surface area (Å²) in [7, 11) is 0. The van der Waals surface area contributed by atoms with Crippen LogP contribution >= 0.6 is 0 Å². The molecule has 0 saturated heterocycles. The summed E-state index contributed by atoms with van der Waals surface area (Å²) in [6, 6.07) is 0. The molecule has 0 saturated carbocycles. The number of aromatic amines is 1. The lowest BCUT2D eigenvalue weighted by Crippen LogP contribution is -2.24. The van der Waals surface area contributed by atoms with Gasteiger partial charge in [0.1, 0.15) is 6.26 Å². The van der Waals surface area contributed by atoms with Gasteiger partial charge in [-0.15, -0.1) is 0 Å². The summed E-state index contributed by atoms with van der Waals surface area (Å²) >= 11 is 0. The molecule has 0 radical (unpaired) electrons. The maximum atomic E-state index is 12.0. The van der Waals surface area contributed by atoms with Crippen LogP contribution in [0.15, 0.2) is 10.7 Å². The summed E-state index contributed by atoms with van der Waals surface area (Å²) < 4.78 is 5.06. The van der Waals surface area contributed by atoms with Crippen molar-refractivity contribution >= 4 is 5.91 Å². The van der Waals surface area contributed by atoms with Crippen LogP contribution in [0.1, 0.15) is 52.6 Å². The van der Waals surface area contributed by atoms with Crippen molar-refractivity contribution in [3.63, 3.8) is 0 Å². The van der Waals surface area contributed by atoms with Crippen molar-refractivity contribution in [3.05, 3.63) is 34.8 Å². The number of oxazole rings is 1. The third-order valence-electron chi connectivity index (χ3n) is 3.77. The second kappa shape index (κ2) is 6.09. The van der Waals surface area contributed by atoms with Crippen molar-refractivity contribution in [3.8, 4) is 0 Å². The molecule has 1 amide bonds. The summed E-state index contributed by atoms with van der Waals surface area (Å²) in [5.41, 5.74) is 9.04. The van der Waals surface area contributed by atoms with Gasteiger partial charge in [-0.25, -0.2) is 4.98 Å². The van der Waals surface area contributed by atoms with E-state index in [0.29, 0.717) is 12.4 Å². The first-order valence-electron chi connectivity index (χ1n) is 7.25. The maximum Gasteiger partial charge on any atom is 0.273 e. The molecule has 0 aromatic carbocycles. The molecule has 2 aromatic heterocycles. The van der Waals surface area contributed by atoms with Crippen molar-refractivity contribution in [2.75, 3.05) is 0 Å². The molecule has 2 heterocycles. The first kappa shape index (κ1) is 13.8. The fraction of sp³-hybridized carbons (Fsp3) is 0.500. The van der Waals surface area contributed by atoms with Gasteiger partial charge in [-0.1, -0.05) is 6.42 Å². The van der Waals surface area contributed by atoms with Gasteiger partial charge in [-0.2, -0.15) is 5.10 Å². The Bertz CT molecular complexity index is 631. The third-order valence-corrected chi connectivity index (χ3v) is 3.77. The molecule has 0 aliphatic heterocycles. The molecule has 0 bridgehead atoms. The highest BCUT2D eigenvalue weighted by Crippen LogP contribution is 2.21. The molecule has 0 spiro atoms. The molecule has 112 valence electrons. The highest BCUT2D eigenvalue weighted by atomic mass is 16.3. The monoisotopic (exact) mass is 289 g/mol. The Hall–Kier alpha value is -2.15. The standard InChI is InChI=1S/C14H19N5O2/c15-6-13-17-12(8-21-13)14(20)16-7-11-9-4-2-1-3-5-10(9)18-19-11/h8H,1-7,15H2,(H,16,20)(H,18,19). The number of nitrogens with zero attached hydrogens (tertiary/aromatic N) is 2. The van der Waals surface area contributed by atoms with Gasteiger partial charge in [-0.3, -0.25) is 9.89 Å². The molecular weight excluding hydrogens is 270 g/mol. The normalized spacial score (nSPS) is 14.5. The highest BCUT2D eigenvalue weighted by molar-refractivity contribution is 5.91. The number of hydrogen-bond acceptors (Lipinski definition) is 5. The zero-order valence-electron chi connectivity index (χ0n) is 11.8. The van der Waals surface area contributed by atoms with Gasteiger partial charge in [0.2, 0.25) is 5.89 Å².